The molecule has 1 aromatic carbocycles. The van der Waals surface area contributed by atoms with Crippen LogP contribution in [0.4, 0.5) is 5.13 Å². The summed E-state index contributed by atoms with van der Waals surface area (Å²) in [5.41, 5.74) is 2.32. The van der Waals surface area contributed by atoms with Crippen molar-refractivity contribution in [2.45, 2.75) is 43.3 Å². The number of nitrogens with zero attached hydrogens (tertiary/aromatic N) is 2. The lowest BCUT2D eigenvalue weighted by Crippen LogP contribution is -2.30. The van der Waals surface area contributed by atoms with Gasteiger partial charge < -0.3 is 10.6 Å². The zero-order chi connectivity index (χ0) is 16.7. The van der Waals surface area contributed by atoms with Crippen LogP contribution in [0.1, 0.15) is 31.4 Å². The average Bonchev–Trinajstić information content (AvgIpc) is 2.99. The molecule has 0 aliphatic rings. The van der Waals surface area contributed by atoms with Gasteiger partial charge in [-0.15, -0.1) is 10.2 Å². The average molecular weight is 351 g/mol. The number of hydrogen-bond donors (Lipinski definition) is 2. The number of amides is 1. The number of thioether (sulfide) groups is 1. The molecule has 2 rings (SSSR count). The monoisotopic (exact) mass is 350 g/mol. The fourth-order valence-electron chi connectivity index (χ4n) is 1.80. The highest BCUT2D eigenvalue weighted by atomic mass is 32.2. The highest BCUT2D eigenvalue weighted by molar-refractivity contribution is 8.02. The Morgan fingerprint density at radius 3 is 2.74 bits per heavy atom. The minimum absolute atomic E-state index is 0.00819. The van der Waals surface area contributed by atoms with Crippen LogP contribution < -0.4 is 10.6 Å². The van der Waals surface area contributed by atoms with E-state index in [1.807, 2.05) is 38.1 Å². The molecule has 0 fully saturated rings. The van der Waals surface area contributed by atoms with Gasteiger partial charge >= 0.3 is 0 Å². The molecule has 0 aliphatic carbocycles. The van der Waals surface area contributed by atoms with Gasteiger partial charge in [0, 0.05) is 13.1 Å². The van der Waals surface area contributed by atoms with Crippen molar-refractivity contribution in [1.82, 2.24) is 15.5 Å². The predicted octanol–water partition coefficient (Wildman–Crippen LogP) is 3.47. The Bertz CT molecular complexity index is 627. The first-order chi connectivity index (χ1) is 11.1. The maximum atomic E-state index is 12.2. The molecule has 1 heterocycles. The molecule has 0 aliphatic heterocycles. The minimum atomic E-state index is -0.201. The summed E-state index contributed by atoms with van der Waals surface area (Å²) in [4.78, 5) is 12.2. The number of benzene rings is 1. The van der Waals surface area contributed by atoms with Crippen molar-refractivity contribution in [1.29, 1.82) is 0 Å². The first-order valence-electron chi connectivity index (χ1n) is 7.65. The molecule has 1 amide bonds. The molecular weight excluding hydrogens is 328 g/mol. The van der Waals surface area contributed by atoms with Gasteiger partial charge in [0.2, 0.25) is 11.0 Å². The van der Waals surface area contributed by atoms with Crippen molar-refractivity contribution in [3.63, 3.8) is 0 Å². The molecule has 1 unspecified atom stereocenters. The topological polar surface area (TPSA) is 66.9 Å². The second-order valence-corrected chi connectivity index (χ2v) is 7.83. The lowest BCUT2D eigenvalue weighted by molar-refractivity contribution is -0.120. The molecule has 0 radical (unpaired) electrons. The molecule has 124 valence electrons. The Morgan fingerprint density at radius 2 is 2.04 bits per heavy atom. The molecule has 2 N–H and O–H groups in total. The number of aryl methyl sites for hydroxylation is 1. The third-order valence-corrected chi connectivity index (χ3v) is 5.23. The highest BCUT2D eigenvalue weighted by Crippen LogP contribution is 2.28. The third kappa shape index (κ3) is 5.84. The third-order valence-electron chi connectivity index (χ3n) is 3.17. The van der Waals surface area contributed by atoms with Crippen LogP contribution in [-0.2, 0) is 11.3 Å². The van der Waals surface area contributed by atoms with Gasteiger partial charge in [0.25, 0.3) is 0 Å². The van der Waals surface area contributed by atoms with E-state index < -0.39 is 0 Å². The first-order valence-corrected chi connectivity index (χ1v) is 9.35. The van der Waals surface area contributed by atoms with Gasteiger partial charge in [-0.3, -0.25) is 4.79 Å². The lowest BCUT2D eigenvalue weighted by Gasteiger charge is -2.10. The van der Waals surface area contributed by atoms with E-state index in [0.29, 0.717) is 6.54 Å². The number of carbonyl (C=O) groups is 1. The maximum absolute atomic E-state index is 12.2. The highest BCUT2D eigenvalue weighted by Gasteiger charge is 2.16. The zero-order valence-corrected chi connectivity index (χ0v) is 15.3. The van der Waals surface area contributed by atoms with Gasteiger partial charge in [0.05, 0.1) is 5.25 Å². The van der Waals surface area contributed by atoms with Crippen molar-refractivity contribution < 1.29 is 4.79 Å². The van der Waals surface area contributed by atoms with Gasteiger partial charge in [0.15, 0.2) is 4.34 Å². The smallest absolute Gasteiger partial charge is 0.233 e. The van der Waals surface area contributed by atoms with Gasteiger partial charge in [-0.25, -0.2) is 0 Å². The summed E-state index contributed by atoms with van der Waals surface area (Å²) in [5, 5.41) is 14.9. The van der Waals surface area contributed by atoms with Gasteiger partial charge in [-0.05, 0) is 25.8 Å². The van der Waals surface area contributed by atoms with Crippen LogP contribution in [0.3, 0.4) is 0 Å². The summed E-state index contributed by atoms with van der Waals surface area (Å²) >= 11 is 2.92. The Kier molecular flexibility index (Phi) is 6.85. The Morgan fingerprint density at radius 1 is 1.30 bits per heavy atom. The van der Waals surface area contributed by atoms with E-state index in [2.05, 4.69) is 27.8 Å². The first kappa shape index (κ1) is 17.7. The molecule has 1 atom stereocenters. The molecule has 0 spiro atoms. The van der Waals surface area contributed by atoms with E-state index in [9.17, 15) is 4.79 Å². The molecule has 0 saturated carbocycles. The number of hydrogen-bond acceptors (Lipinski definition) is 6. The summed E-state index contributed by atoms with van der Waals surface area (Å²) in [6, 6.07) is 8.16. The normalized spacial score (nSPS) is 12.0. The minimum Gasteiger partial charge on any atom is -0.360 e. The van der Waals surface area contributed by atoms with Crippen LogP contribution in [0.2, 0.25) is 0 Å². The molecule has 2 aromatic rings. The van der Waals surface area contributed by atoms with Crippen LogP contribution in [0, 0.1) is 6.92 Å². The summed E-state index contributed by atoms with van der Waals surface area (Å²) in [6.07, 6.45) is 1.04. The number of rotatable bonds is 8. The van der Waals surface area contributed by atoms with Crippen LogP contribution in [0.25, 0.3) is 0 Å². The van der Waals surface area contributed by atoms with Crippen LogP contribution >= 0.6 is 23.1 Å². The second-order valence-electron chi connectivity index (χ2n) is 5.26. The van der Waals surface area contributed by atoms with E-state index >= 15 is 0 Å². The van der Waals surface area contributed by atoms with E-state index in [-0.39, 0.29) is 11.2 Å². The maximum Gasteiger partial charge on any atom is 0.233 e. The van der Waals surface area contributed by atoms with Crippen LogP contribution in [-0.4, -0.2) is 27.9 Å². The zero-order valence-electron chi connectivity index (χ0n) is 13.6. The second kappa shape index (κ2) is 8.88. The lowest BCUT2D eigenvalue weighted by atomic mass is 10.1. The number of anilines is 1. The van der Waals surface area contributed by atoms with Gasteiger partial charge in [-0.1, -0.05) is 59.9 Å². The van der Waals surface area contributed by atoms with Crippen LogP contribution in [0.15, 0.2) is 28.6 Å². The molecule has 7 heteroatoms. The number of carbonyl (C=O) groups excluding carboxylic acids is 1. The summed E-state index contributed by atoms with van der Waals surface area (Å²) < 4.78 is 0.807. The van der Waals surface area contributed by atoms with E-state index in [0.717, 1.165) is 28.0 Å². The SMILES string of the molecule is CCCNc1nnc(SC(C)C(=O)NCc2ccc(C)cc2)s1. The summed E-state index contributed by atoms with van der Waals surface area (Å²) in [6.45, 7) is 7.46. The van der Waals surface area contributed by atoms with Gasteiger partial charge in [-0.2, -0.15) is 0 Å². The summed E-state index contributed by atoms with van der Waals surface area (Å²) in [7, 11) is 0. The van der Waals surface area contributed by atoms with Crippen molar-refractivity contribution >= 4 is 34.1 Å². The number of nitrogens with one attached hydrogen (secondary N) is 2. The van der Waals surface area contributed by atoms with E-state index in [1.165, 1.54) is 28.7 Å². The quantitative estimate of drug-likeness (QED) is 0.714. The van der Waals surface area contributed by atoms with Crippen molar-refractivity contribution in [3.8, 4) is 0 Å². The fourth-order valence-corrected chi connectivity index (χ4v) is 3.75. The number of aromatic nitrogens is 2. The molecule has 23 heavy (non-hydrogen) atoms. The van der Waals surface area contributed by atoms with Crippen molar-refractivity contribution in [2.75, 3.05) is 11.9 Å². The molecule has 5 nitrogen and oxygen atoms in total. The summed E-state index contributed by atoms with van der Waals surface area (Å²) in [5.74, 6) is 0.00819. The van der Waals surface area contributed by atoms with Crippen molar-refractivity contribution in [2.24, 2.45) is 0 Å². The largest absolute Gasteiger partial charge is 0.360 e. The Balaban J connectivity index is 1.80. The molecule has 0 saturated heterocycles. The van der Waals surface area contributed by atoms with E-state index in [4.69, 9.17) is 0 Å². The fraction of sp³-hybridized carbons (Fsp3) is 0.438. The standard InChI is InChI=1S/C16H22N4OS2/c1-4-9-17-15-19-20-16(23-15)22-12(3)14(21)18-10-13-7-5-11(2)6-8-13/h5-8,12H,4,9-10H2,1-3H3,(H,17,19)(H,18,21). The molecular formula is C16H22N4OS2. The van der Waals surface area contributed by atoms with Crippen LogP contribution in [0.5, 0.6) is 0 Å². The molecule has 1 aromatic heterocycles. The van der Waals surface area contributed by atoms with E-state index in [1.54, 1.807) is 0 Å². The Labute approximate surface area is 145 Å². The van der Waals surface area contributed by atoms with Gasteiger partial charge in [0.1, 0.15) is 0 Å². The van der Waals surface area contributed by atoms with Crippen molar-refractivity contribution in [3.05, 3.63) is 35.4 Å². The predicted molar refractivity (Wildman–Crippen MR) is 97.0 cm³/mol. The molecule has 0 bridgehead atoms. The Hall–Kier alpha value is -1.60.